The lowest BCUT2D eigenvalue weighted by atomic mass is 9.77. The molecule has 0 bridgehead atoms. The molecule has 5 heteroatoms. The molecule has 4 amide bonds. The third-order valence-corrected chi connectivity index (χ3v) is 2.67. The minimum Gasteiger partial charge on any atom is -0.277 e. The molecule has 1 aliphatic rings. The topological polar surface area (TPSA) is 75.3 Å². The fourth-order valence-corrected chi connectivity index (χ4v) is 1.66. The van der Waals surface area contributed by atoms with Crippen LogP contribution in [0, 0.1) is 5.41 Å². The summed E-state index contributed by atoms with van der Waals surface area (Å²) < 4.78 is 0. The van der Waals surface area contributed by atoms with Gasteiger partial charge in [-0.15, -0.1) is 6.58 Å². The molecule has 1 saturated heterocycles. The first kappa shape index (κ1) is 13.2. The molecule has 1 rings (SSSR count). The Labute approximate surface area is 100.0 Å². The number of amides is 4. The Bertz CT molecular complexity index is 386. The second-order valence-corrected chi connectivity index (χ2v) is 4.30. The summed E-state index contributed by atoms with van der Waals surface area (Å²) in [6.45, 7) is 7.31. The maximum absolute atomic E-state index is 11.9. The van der Waals surface area contributed by atoms with Crippen LogP contribution in [0.25, 0.3) is 0 Å². The lowest BCUT2D eigenvalue weighted by Crippen LogP contribution is -2.62. The molecule has 0 atom stereocenters. The molecule has 0 unspecified atom stereocenters. The van der Waals surface area contributed by atoms with Crippen molar-refractivity contribution in [2.24, 2.45) is 5.41 Å². The molecule has 0 saturated carbocycles. The van der Waals surface area contributed by atoms with Gasteiger partial charge < -0.3 is 0 Å². The van der Waals surface area contributed by atoms with E-state index in [0.717, 1.165) is 5.57 Å². The van der Waals surface area contributed by atoms with E-state index >= 15 is 0 Å². The van der Waals surface area contributed by atoms with E-state index in [9.17, 15) is 14.4 Å². The molecule has 0 radical (unpaired) electrons. The highest BCUT2D eigenvalue weighted by molar-refractivity contribution is 6.19. The van der Waals surface area contributed by atoms with Gasteiger partial charge in [0.1, 0.15) is 5.41 Å². The number of allylic oxidation sites excluding steroid dienone is 3. The summed E-state index contributed by atoms with van der Waals surface area (Å²) in [5, 5.41) is 4.24. The SMILES string of the molecule is C=CCC1(CC=C(C)C)C(=O)NC(=O)NC1=O. The van der Waals surface area contributed by atoms with Crippen LogP contribution in [-0.4, -0.2) is 17.8 Å². The van der Waals surface area contributed by atoms with Crippen LogP contribution in [0.1, 0.15) is 26.7 Å². The third kappa shape index (κ3) is 2.61. The van der Waals surface area contributed by atoms with Crippen molar-refractivity contribution in [1.82, 2.24) is 10.6 Å². The Hall–Kier alpha value is -1.91. The number of imide groups is 2. The Balaban J connectivity index is 3.07. The van der Waals surface area contributed by atoms with Crippen molar-refractivity contribution in [3.05, 3.63) is 24.3 Å². The average Bonchev–Trinajstić information content (AvgIpc) is 2.21. The normalized spacial score (nSPS) is 18.1. The summed E-state index contributed by atoms with van der Waals surface area (Å²) in [6.07, 6.45) is 3.76. The van der Waals surface area contributed by atoms with E-state index < -0.39 is 23.3 Å². The molecule has 1 aliphatic heterocycles. The second kappa shape index (κ2) is 4.95. The quantitative estimate of drug-likeness (QED) is 0.570. The monoisotopic (exact) mass is 236 g/mol. The number of carbonyl (C=O) groups is 3. The molecule has 1 fully saturated rings. The Kier molecular flexibility index (Phi) is 3.83. The van der Waals surface area contributed by atoms with Gasteiger partial charge in [-0.25, -0.2) is 4.79 Å². The van der Waals surface area contributed by atoms with Crippen molar-refractivity contribution < 1.29 is 14.4 Å². The zero-order valence-electron chi connectivity index (χ0n) is 10.0. The second-order valence-electron chi connectivity index (χ2n) is 4.30. The van der Waals surface area contributed by atoms with Gasteiger partial charge in [0, 0.05) is 0 Å². The summed E-state index contributed by atoms with van der Waals surface area (Å²) in [5.74, 6) is -1.13. The van der Waals surface area contributed by atoms with Crippen molar-refractivity contribution in [1.29, 1.82) is 0 Å². The summed E-state index contributed by atoms with van der Waals surface area (Å²) in [5.41, 5.74) is -0.252. The number of nitrogens with one attached hydrogen (secondary N) is 2. The first-order valence-electron chi connectivity index (χ1n) is 5.33. The summed E-state index contributed by atoms with van der Waals surface area (Å²) in [7, 11) is 0. The molecule has 0 aliphatic carbocycles. The van der Waals surface area contributed by atoms with Crippen molar-refractivity contribution in [2.45, 2.75) is 26.7 Å². The van der Waals surface area contributed by atoms with Gasteiger partial charge in [-0.3, -0.25) is 20.2 Å². The van der Waals surface area contributed by atoms with Crippen LogP contribution in [0.2, 0.25) is 0 Å². The molecular formula is C12H16N2O3. The Morgan fingerprint density at radius 1 is 1.18 bits per heavy atom. The summed E-state index contributed by atoms with van der Waals surface area (Å²) in [6, 6.07) is -0.767. The molecule has 0 aromatic rings. The number of urea groups is 1. The molecular weight excluding hydrogens is 220 g/mol. The van der Waals surface area contributed by atoms with Gasteiger partial charge in [-0.05, 0) is 26.7 Å². The number of hydrogen-bond acceptors (Lipinski definition) is 3. The van der Waals surface area contributed by atoms with Gasteiger partial charge in [0.25, 0.3) is 0 Å². The van der Waals surface area contributed by atoms with E-state index in [-0.39, 0.29) is 12.8 Å². The smallest absolute Gasteiger partial charge is 0.277 e. The number of barbiturate groups is 1. The average molecular weight is 236 g/mol. The highest BCUT2D eigenvalue weighted by atomic mass is 16.2. The molecule has 0 spiro atoms. The maximum atomic E-state index is 11.9. The van der Waals surface area contributed by atoms with E-state index in [0.29, 0.717) is 0 Å². The van der Waals surface area contributed by atoms with Crippen LogP contribution in [0.4, 0.5) is 4.79 Å². The van der Waals surface area contributed by atoms with Crippen LogP contribution in [-0.2, 0) is 9.59 Å². The number of carbonyl (C=O) groups excluding carboxylic acids is 3. The van der Waals surface area contributed by atoms with Crippen molar-refractivity contribution in [3.8, 4) is 0 Å². The number of hydrogen-bond donors (Lipinski definition) is 2. The molecule has 5 nitrogen and oxygen atoms in total. The van der Waals surface area contributed by atoms with Gasteiger partial charge in [-0.1, -0.05) is 17.7 Å². The third-order valence-electron chi connectivity index (χ3n) is 2.67. The minimum atomic E-state index is -1.26. The van der Waals surface area contributed by atoms with Crippen LogP contribution in [0.5, 0.6) is 0 Å². The van der Waals surface area contributed by atoms with Crippen molar-refractivity contribution in [2.75, 3.05) is 0 Å². The van der Waals surface area contributed by atoms with Gasteiger partial charge in [-0.2, -0.15) is 0 Å². The Morgan fingerprint density at radius 2 is 1.71 bits per heavy atom. The zero-order valence-corrected chi connectivity index (χ0v) is 10.0. The first-order valence-corrected chi connectivity index (χ1v) is 5.33. The van der Waals surface area contributed by atoms with Crippen LogP contribution in [0.3, 0.4) is 0 Å². The first-order chi connectivity index (χ1) is 7.92. The summed E-state index contributed by atoms with van der Waals surface area (Å²) >= 11 is 0. The predicted octanol–water partition coefficient (Wildman–Crippen LogP) is 1.27. The van der Waals surface area contributed by atoms with Gasteiger partial charge >= 0.3 is 6.03 Å². The molecule has 1 heterocycles. The minimum absolute atomic E-state index is 0.196. The van der Waals surface area contributed by atoms with Gasteiger partial charge in [0.15, 0.2) is 0 Å². The van der Waals surface area contributed by atoms with Gasteiger partial charge in [0.05, 0.1) is 0 Å². The lowest BCUT2D eigenvalue weighted by Gasteiger charge is -2.32. The highest BCUT2D eigenvalue weighted by Crippen LogP contribution is 2.31. The van der Waals surface area contributed by atoms with Crippen LogP contribution >= 0.6 is 0 Å². The fraction of sp³-hybridized carbons (Fsp3) is 0.417. The van der Waals surface area contributed by atoms with E-state index in [1.54, 1.807) is 6.08 Å². The largest absolute Gasteiger partial charge is 0.328 e. The molecule has 17 heavy (non-hydrogen) atoms. The van der Waals surface area contributed by atoms with Crippen LogP contribution < -0.4 is 10.6 Å². The molecule has 0 aromatic heterocycles. The molecule has 92 valence electrons. The fourth-order valence-electron chi connectivity index (χ4n) is 1.66. The van der Waals surface area contributed by atoms with E-state index in [1.165, 1.54) is 6.08 Å². The van der Waals surface area contributed by atoms with Crippen molar-refractivity contribution >= 4 is 17.8 Å². The molecule has 2 N–H and O–H groups in total. The highest BCUT2D eigenvalue weighted by Gasteiger charge is 2.48. The zero-order chi connectivity index (χ0) is 13.1. The van der Waals surface area contributed by atoms with E-state index in [2.05, 4.69) is 17.2 Å². The number of rotatable bonds is 4. The lowest BCUT2D eigenvalue weighted by molar-refractivity contribution is -0.144. The van der Waals surface area contributed by atoms with E-state index in [4.69, 9.17) is 0 Å². The van der Waals surface area contributed by atoms with Crippen molar-refractivity contribution in [3.63, 3.8) is 0 Å². The van der Waals surface area contributed by atoms with Gasteiger partial charge in [0.2, 0.25) is 11.8 Å². The van der Waals surface area contributed by atoms with E-state index in [1.807, 2.05) is 13.8 Å². The maximum Gasteiger partial charge on any atom is 0.328 e. The standard InChI is InChI=1S/C12H16N2O3/c1-4-6-12(7-5-8(2)3)9(15)13-11(17)14-10(12)16/h4-5H,1,6-7H2,2-3H3,(H2,13,14,15,16,17). The Morgan fingerprint density at radius 3 is 2.12 bits per heavy atom. The molecule has 0 aromatic carbocycles. The predicted molar refractivity (Wildman–Crippen MR) is 63.0 cm³/mol. The van der Waals surface area contributed by atoms with Crippen LogP contribution in [0.15, 0.2) is 24.3 Å². The summed E-state index contributed by atoms with van der Waals surface area (Å²) in [4.78, 5) is 34.7.